The molecule has 1 heterocycles. The zero-order valence-corrected chi connectivity index (χ0v) is 11.7. The maximum absolute atomic E-state index is 9.18. The summed E-state index contributed by atoms with van der Waals surface area (Å²) in [5.41, 5.74) is 8.07. The van der Waals surface area contributed by atoms with Crippen molar-refractivity contribution >= 4 is 5.97 Å². The fourth-order valence-corrected chi connectivity index (χ4v) is 1.07. The van der Waals surface area contributed by atoms with Crippen LogP contribution in [0.4, 0.5) is 0 Å². The van der Waals surface area contributed by atoms with Gasteiger partial charge in [-0.1, -0.05) is 18.7 Å². The van der Waals surface area contributed by atoms with Gasteiger partial charge in [0.15, 0.2) is 0 Å². The molecular formula is C13H12N2O2Pt. The van der Waals surface area contributed by atoms with Gasteiger partial charge in [0.25, 0.3) is 5.97 Å². The normalized spacial score (nSPS) is 8.50. The van der Waals surface area contributed by atoms with E-state index in [1.54, 1.807) is 6.20 Å². The van der Waals surface area contributed by atoms with E-state index in [2.05, 4.69) is 11.1 Å². The van der Waals surface area contributed by atoms with Crippen LogP contribution in [0.2, 0.25) is 0 Å². The molecule has 96 valence electrons. The van der Waals surface area contributed by atoms with Crippen LogP contribution in [0, 0.1) is 6.07 Å². The average Bonchev–Trinajstić information content (AvgIpc) is 2.41. The van der Waals surface area contributed by atoms with Crippen LogP contribution in [0.25, 0.3) is 17.0 Å². The molecule has 0 fully saturated rings. The van der Waals surface area contributed by atoms with Gasteiger partial charge in [-0.3, -0.25) is 4.79 Å². The number of carboxylic acid groups (broad SMARTS) is 1. The van der Waals surface area contributed by atoms with Crippen molar-refractivity contribution in [1.29, 1.82) is 0 Å². The van der Waals surface area contributed by atoms with Gasteiger partial charge in [0.2, 0.25) is 0 Å². The van der Waals surface area contributed by atoms with Crippen LogP contribution in [0.1, 0.15) is 0 Å². The van der Waals surface area contributed by atoms with Gasteiger partial charge >= 0.3 is 21.1 Å². The maximum atomic E-state index is 9.18. The minimum atomic E-state index is -1.08. The SMILES string of the molecule is [NH-]CC(=O)O.[Pt+2].[c-]1ccccc1-c1ccccn1. The summed E-state index contributed by atoms with van der Waals surface area (Å²) in [6.07, 6.45) is 1.79. The van der Waals surface area contributed by atoms with Crippen LogP contribution in [-0.2, 0) is 25.9 Å². The second-order valence-electron chi connectivity index (χ2n) is 3.06. The Bertz CT molecular complexity index is 412. The number of benzene rings is 1. The number of carbonyl (C=O) groups is 1. The van der Waals surface area contributed by atoms with E-state index < -0.39 is 12.5 Å². The maximum Gasteiger partial charge on any atom is 2.00 e. The number of carboxylic acids is 1. The van der Waals surface area contributed by atoms with Gasteiger partial charge in [0.1, 0.15) is 0 Å². The first kappa shape index (κ1) is 16.5. The molecule has 0 saturated carbocycles. The van der Waals surface area contributed by atoms with Gasteiger partial charge in [-0.15, -0.1) is 35.9 Å². The molecule has 0 radical (unpaired) electrons. The third kappa shape index (κ3) is 6.28. The minimum Gasteiger partial charge on any atom is -0.668 e. The molecule has 2 N–H and O–H groups in total. The van der Waals surface area contributed by atoms with E-state index >= 15 is 0 Å². The van der Waals surface area contributed by atoms with Crippen LogP contribution in [0.3, 0.4) is 0 Å². The van der Waals surface area contributed by atoms with E-state index in [4.69, 9.17) is 10.8 Å². The molecule has 0 aliphatic heterocycles. The van der Waals surface area contributed by atoms with Gasteiger partial charge in [-0.2, -0.15) is 0 Å². The van der Waals surface area contributed by atoms with Crippen molar-refractivity contribution in [3.05, 3.63) is 60.5 Å². The number of aromatic nitrogens is 1. The molecule has 5 heteroatoms. The number of nitrogens with one attached hydrogen (secondary N) is 1. The van der Waals surface area contributed by atoms with E-state index in [-0.39, 0.29) is 21.1 Å². The van der Waals surface area contributed by atoms with E-state index in [1.807, 2.05) is 42.5 Å². The third-order valence-electron chi connectivity index (χ3n) is 1.80. The first-order valence-electron chi connectivity index (χ1n) is 4.98. The van der Waals surface area contributed by atoms with Crippen molar-refractivity contribution in [2.75, 3.05) is 6.54 Å². The summed E-state index contributed by atoms with van der Waals surface area (Å²) in [5.74, 6) is -1.08. The number of hydrogen-bond donors (Lipinski definition) is 1. The Morgan fingerprint density at radius 3 is 2.39 bits per heavy atom. The summed E-state index contributed by atoms with van der Waals surface area (Å²) in [6.45, 7) is -0.528. The summed E-state index contributed by atoms with van der Waals surface area (Å²) in [4.78, 5) is 13.4. The Balaban J connectivity index is 0.000000421. The summed E-state index contributed by atoms with van der Waals surface area (Å²) in [7, 11) is 0. The third-order valence-corrected chi connectivity index (χ3v) is 1.80. The topological polar surface area (TPSA) is 74.0 Å². The number of aliphatic carboxylic acids is 1. The van der Waals surface area contributed by atoms with Crippen LogP contribution in [-0.4, -0.2) is 22.6 Å². The summed E-state index contributed by atoms with van der Waals surface area (Å²) in [6, 6.07) is 16.8. The molecule has 0 bridgehead atoms. The Kier molecular flexibility index (Phi) is 8.71. The van der Waals surface area contributed by atoms with E-state index in [0.717, 1.165) is 11.3 Å². The Morgan fingerprint density at radius 1 is 1.28 bits per heavy atom. The Labute approximate surface area is 120 Å². The monoisotopic (exact) mass is 423 g/mol. The molecule has 4 nitrogen and oxygen atoms in total. The Morgan fingerprint density at radius 2 is 1.94 bits per heavy atom. The standard InChI is InChI=1S/C11H8N.C2H4NO2.Pt/c1-2-6-10(7-3-1)11-8-4-5-9-12-11;3-1-2(4)5;/h1-6,8-9H;3H,1H2,(H,4,5);/q2*-1;+2. The molecule has 0 unspecified atom stereocenters. The Hall–Kier alpha value is -1.51. The van der Waals surface area contributed by atoms with Gasteiger partial charge in [0.05, 0.1) is 0 Å². The number of nitrogens with zero attached hydrogens (tertiary/aromatic N) is 1. The fourth-order valence-electron chi connectivity index (χ4n) is 1.07. The quantitative estimate of drug-likeness (QED) is 0.755. The van der Waals surface area contributed by atoms with Crippen LogP contribution in [0.5, 0.6) is 0 Å². The van der Waals surface area contributed by atoms with Crippen molar-refractivity contribution < 1.29 is 31.0 Å². The second kappa shape index (κ2) is 9.51. The van der Waals surface area contributed by atoms with Gasteiger partial charge in [0, 0.05) is 6.20 Å². The average molecular weight is 423 g/mol. The zero-order chi connectivity index (χ0) is 12.5. The first-order valence-corrected chi connectivity index (χ1v) is 4.98. The largest absolute Gasteiger partial charge is 2.00 e. The summed E-state index contributed by atoms with van der Waals surface area (Å²) >= 11 is 0. The van der Waals surface area contributed by atoms with E-state index in [0.29, 0.717) is 0 Å². The molecule has 18 heavy (non-hydrogen) atoms. The molecule has 2 rings (SSSR count). The molecule has 0 amide bonds. The van der Waals surface area contributed by atoms with Gasteiger partial charge in [-0.05, 0) is 11.8 Å². The number of rotatable bonds is 2. The minimum absolute atomic E-state index is 0. The first-order chi connectivity index (χ1) is 8.24. The number of pyridine rings is 1. The molecule has 0 aliphatic carbocycles. The van der Waals surface area contributed by atoms with Crippen LogP contribution < -0.4 is 0 Å². The van der Waals surface area contributed by atoms with Crippen LogP contribution >= 0.6 is 0 Å². The molecular weight excluding hydrogens is 411 g/mol. The van der Waals surface area contributed by atoms with Crippen molar-refractivity contribution in [1.82, 2.24) is 4.98 Å². The molecule has 0 aliphatic rings. The predicted molar refractivity (Wildman–Crippen MR) is 65.3 cm³/mol. The van der Waals surface area contributed by atoms with Crippen LogP contribution in [0.15, 0.2) is 48.7 Å². The smallest absolute Gasteiger partial charge is 0.668 e. The van der Waals surface area contributed by atoms with E-state index in [1.165, 1.54) is 0 Å². The van der Waals surface area contributed by atoms with Crippen molar-refractivity contribution in [3.8, 4) is 11.3 Å². The van der Waals surface area contributed by atoms with Gasteiger partial charge in [-0.25, -0.2) is 0 Å². The zero-order valence-electron chi connectivity index (χ0n) is 9.44. The molecule has 0 atom stereocenters. The molecule has 0 spiro atoms. The molecule has 2 aromatic rings. The second-order valence-corrected chi connectivity index (χ2v) is 3.06. The van der Waals surface area contributed by atoms with E-state index in [9.17, 15) is 4.79 Å². The van der Waals surface area contributed by atoms with Crippen molar-refractivity contribution in [2.45, 2.75) is 0 Å². The predicted octanol–water partition coefficient (Wildman–Crippen LogP) is 2.67. The molecule has 0 saturated heterocycles. The molecule has 1 aromatic carbocycles. The van der Waals surface area contributed by atoms with Gasteiger partial charge < -0.3 is 15.8 Å². The number of hydrogen-bond acceptors (Lipinski definition) is 2. The molecule has 1 aromatic heterocycles. The van der Waals surface area contributed by atoms with Crippen molar-refractivity contribution in [2.24, 2.45) is 0 Å². The van der Waals surface area contributed by atoms with Crippen molar-refractivity contribution in [3.63, 3.8) is 0 Å². The summed E-state index contributed by atoms with van der Waals surface area (Å²) < 4.78 is 0. The fraction of sp³-hybridized carbons (Fsp3) is 0.0769. The summed E-state index contributed by atoms with van der Waals surface area (Å²) in [5, 5.41) is 7.53.